The van der Waals surface area contributed by atoms with Crippen LogP contribution in [0.4, 0.5) is 4.79 Å². The van der Waals surface area contributed by atoms with Crippen molar-refractivity contribution < 1.29 is 9.90 Å². The Kier molecular flexibility index (Phi) is 4.14. The Morgan fingerprint density at radius 3 is 2.71 bits per heavy atom. The van der Waals surface area contributed by atoms with Gasteiger partial charge in [0.1, 0.15) is 5.56 Å². The van der Waals surface area contributed by atoms with Crippen LogP contribution in [0.3, 0.4) is 0 Å². The molecule has 0 aliphatic heterocycles. The van der Waals surface area contributed by atoms with Crippen LogP contribution in [0, 0.1) is 4.77 Å². The fraction of sp³-hybridized carbons (Fsp3) is 0. The molecule has 8 nitrogen and oxygen atoms in total. The Morgan fingerprint density at radius 2 is 2.10 bits per heavy atom. The third-order valence-corrected chi connectivity index (χ3v) is 2.79. The molecule has 2 rings (SSSR count). The van der Waals surface area contributed by atoms with Crippen LogP contribution in [-0.4, -0.2) is 26.9 Å². The van der Waals surface area contributed by atoms with Gasteiger partial charge in [-0.2, -0.15) is 5.10 Å². The van der Waals surface area contributed by atoms with Crippen molar-refractivity contribution in [3.63, 3.8) is 0 Å². The van der Waals surface area contributed by atoms with Crippen LogP contribution in [0.1, 0.15) is 5.56 Å². The first-order valence-electron chi connectivity index (χ1n) is 5.73. The normalized spacial score (nSPS) is 10.7. The quantitative estimate of drug-likeness (QED) is 0.376. The maximum atomic E-state index is 11.8. The highest BCUT2D eigenvalue weighted by Gasteiger charge is 2.12. The van der Waals surface area contributed by atoms with Gasteiger partial charge in [-0.05, 0) is 24.4 Å². The van der Waals surface area contributed by atoms with Gasteiger partial charge in [-0.15, -0.1) is 0 Å². The van der Waals surface area contributed by atoms with E-state index in [-0.39, 0.29) is 10.3 Å². The van der Waals surface area contributed by atoms with Gasteiger partial charge in [0.25, 0.3) is 5.56 Å². The monoisotopic (exact) mass is 305 g/mol. The van der Waals surface area contributed by atoms with Crippen LogP contribution >= 0.6 is 12.2 Å². The van der Waals surface area contributed by atoms with Crippen molar-refractivity contribution in [3.8, 4) is 11.6 Å². The Morgan fingerprint density at radius 1 is 1.43 bits per heavy atom. The number of nitrogens with zero attached hydrogens (tertiary/aromatic N) is 2. The molecule has 2 amide bonds. The number of rotatable bonds is 3. The summed E-state index contributed by atoms with van der Waals surface area (Å²) in [5.74, 6) is -0.398. The number of carbonyl (C=O) groups excluding carboxylic acids is 1. The van der Waals surface area contributed by atoms with E-state index in [1.807, 2.05) is 5.43 Å². The van der Waals surface area contributed by atoms with Crippen molar-refractivity contribution >= 4 is 24.5 Å². The number of para-hydroxylation sites is 1. The molecular weight excluding hydrogens is 294 g/mol. The maximum absolute atomic E-state index is 11.8. The topological polar surface area (TPSA) is 126 Å². The number of primary amides is 1. The first-order valence-corrected chi connectivity index (χ1v) is 6.13. The van der Waals surface area contributed by atoms with Gasteiger partial charge in [0.15, 0.2) is 4.77 Å². The molecule has 0 unspecified atom stereocenters. The van der Waals surface area contributed by atoms with Crippen LogP contribution in [0.15, 0.2) is 40.2 Å². The average molecular weight is 305 g/mol. The summed E-state index contributed by atoms with van der Waals surface area (Å²) < 4.78 is 1.30. The zero-order valence-electron chi connectivity index (χ0n) is 10.6. The first-order chi connectivity index (χ1) is 10.0. The third-order valence-electron chi connectivity index (χ3n) is 2.50. The number of hydrogen-bond acceptors (Lipinski definition) is 5. The summed E-state index contributed by atoms with van der Waals surface area (Å²) in [5, 5.41) is 13.7. The molecule has 0 saturated heterocycles. The predicted molar refractivity (Wildman–Crippen MR) is 79.2 cm³/mol. The Labute approximate surface area is 123 Å². The highest BCUT2D eigenvalue weighted by Crippen LogP contribution is 2.17. The van der Waals surface area contributed by atoms with Crippen LogP contribution in [-0.2, 0) is 0 Å². The molecule has 0 spiro atoms. The molecule has 0 atom stereocenters. The number of benzene rings is 1. The lowest BCUT2D eigenvalue weighted by Gasteiger charge is -2.10. The lowest BCUT2D eigenvalue weighted by molar-refractivity contribution is 0.249. The van der Waals surface area contributed by atoms with E-state index >= 15 is 0 Å². The fourth-order valence-electron chi connectivity index (χ4n) is 1.63. The van der Waals surface area contributed by atoms with E-state index in [0.717, 1.165) is 6.21 Å². The largest absolute Gasteiger partial charge is 0.494 e. The van der Waals surface area contributed by atoms with Crippen molar-refractivity contribution in [2.75, 3.05) is 0 Å². The van der Waals surface area contributed by atoms with Crippen molar-refractivity contribution in [3.05, 3.63) is 51.0 Å². The molecule has 1 aromatic carbocycles. The second-order valence-electron chi connectivity index (χ2n) is 3.90. The van der Waals surface area contributed by atoms with Crippen LogP contribution < -0.4 is 16.7 Å². The molecule has 108 valence electrons. The van der Waals surface area contributed by atoms with Crippen molar-refractivity contribution in [2.45, 2.75) is 0 Å². The number of hydrogen-bond donors (Lipinski definition) is 4. The van der Waals surface area contributed by atoms with Gasteiger partial charge in [0, 0.05) is 0 Å². The van der Waals surface area contributed by atoms with Crippen LogP contribution in [0.5, 0.6) is 5.88 Å². The standard InChI is InChI=1S/C12H11N5O3S/c13-11(20)16-14-6-8-9(18)15-12(21)17(10(8)19)7-4-2-1-3-5-7/h1-6,19H,(H3,13,16,20)(H,15,18,21). The molecule has 1 heterocycles. The molecule has 0 fully saturated rings. The summed E-state index contributed by atoms with van der Waals surface area (Å²) in [5.41, 5.74) is 6.53. The lowest BCUT2D eigenvalue weighted by Crippen LogP contribution is -2.25. The van der Waals surface area contributed by atoms with Gasteiger partial charge in [0.05, 0.1) is 11.9 Å². The minimum Gasteiger partial charge on any atom is -0.494 e. The van der Waals surface area contributed by atoms with E-state index in [4.69, 9.17) is 18.0 Å². The average Bonchev–Trinajstić information content (AvgIpc) is 2.43. The summed E-state index contributed by atoms with van der Waals surface area (Å²) >= 11 is 5.04. The minimum atomic E-state index is -0.891. The molecule has 0 bridgehead atoms. The van der Waals surface area contributed by atoms with E-state index in [2.05, 4.69) is 10.1 Å². The van der Waals surface area contributed by atoms with Gasteiger partial charge in [0.2, 0.25) is 5.88 Å². The molecular formula is C12H11N5O3S. The van der Waals surface area contributed by atoms with E-state index in [1.165, 1.54) is 4.57 Å². The molecule has 0 saturated carbocycles. The summed E-state index contributed by atoms with van der Waals surface area (Å²) in [6, 6.07) is 7.83. The Bertz CT molecular complexity index is 810. The second-order valence-corrected chi connectivity index (χ2v) is 4.29. The van der Waals surface area contributed by atoms with Gasteiger partial charge in [-0.3, -0.25) is 14.3 Å². The zero-order valence-corrected chi connectivity index (χ0v) is 11.4. The highest BCUT2D eigenvalue weighted by atomic mass is 32.1. The number of aromatic hydroxyl groups is 1. The van der Waals surface area contributed by atoms with E-state index < -0.39 is 17.5 Å². The van der Waals surface area contributed by atoms with E-state index in [0.29, 0.717) is 5.69 Å². The van der Waals surface area contributed by atoms with Crippen molar-refractivity contribution in [2.24, 2.45) is 10.8 Å². The Hall–Kier alpha value is -2.94. The van der Waals surface area contributed by atoms with E-state index in [1.54, 1.807) is 30.3 Å². The summed E-state index contributed by atoms with van der Waals surface area (Å²) in [4.78, 5) is 24.7. The molecule has 0 aliphatic carbocycles. The van der Waals surface area contributed by atoms with Crippen LogP contribution in [0.2, 0.25) is 0 Å². The van der Waals surface area contributed by atoms with E-state index in [9.17, 15) is 14.7 Å². The van der Waals surface area contributed by atoms with Crippen LogP contribution in [0.25, 0.3) is 5.69 Å². The molecule has 0 aliphatic rings. The molecule has 9 heteroatoms. The van der Waals surface area contributed by atoms with Crippen molar-refractivity contribution in [1.29, 1.82) is 0 Å². The molecule has 5 N–H and O–H groups in total. The Balaban J connectivity index is 2.59. The number of amides is 2. The third kappa shape index (κ3) is 3.15. The number of hydrazone groups is 1. The molecule has 0 radical (unpaired) electrons. The summed E-state index contributed by atoms with van der Waals surface area (Å²) in [6.07, 6.45) is 0.979. The van der Waals surface area contributed by atoms with Gasteiger partial charge < -0.3 is 10.8 Å². The molecule has 2 aromatic rings. The second kappa shape index (κ2) is 6.01. The number of nitrogens with two attached hydrogens (primary N) is 1. The maximum Gasteiger partial charge on any atom is 0.332 e. The number of H-pyrrole nitrogens is 1. The predicted octanol–water partition coefficient (Wildman–Crippen LogP) is 0.603. The molecule has 1 aromatic heterocycles. The highest BCUT2D eigenvalue weighted by molar-refractivity contribution is 7.71. The fourth-order valence-corrected chi connectivity index (χ4v) is 1.92. The number of aromatic amines is 1. The minimum absolute atomic E-state index is 0.0312. The lowest BCUT2D eigenvalue weighted by atomic mass is 10.3. The first kappa shape index (κ1) is 14.5. The number of nitrogens with one attached hydrogen (secondary N) is 2. The number of urea groups is 1. The molecule has 21 heavy (non-hydrogen) atoms. The summed E-state index contributed by atoms with van der Waals surface area (Å²) in [6.45, 7) is 0. The number of aromatic nitrogens is 2. The summed E-state index contributed by atoms with van der Waals surface area (Å²) in [7, 11) is 0. The zero-order chi connectivity index (χ0) is 15.4. The van der Waals surface area contributed by atoms with Gasteiger partial charge in [-0.25, -0.2) is 10.2 Å². The van der Waals surface area contributed by atoms with Gasteiger partial charge in [-0.1, -0.05) is 18.2 Å². The SMILES string of the molecule is NC(=O)NN=Cc1c(O)n(-c2ccccc2)c(=S)[nH]c1=O. The van der Waals surface area contributed by atoms with Crippen molar-refractivity contribution in [1.82, 2.24) is 15.0 Å². The smallest absolute Gasteiger partial charge is 0.332 e. The number of carbonyl (C=O) groups is 1. The van der Waals surface area contributed by atoms with Gasteiger partial charge >= 0.3 is 6.03 Å².